The normalized spacial score (nSPS) is 19.5. The molecule has 1 aromatic carbocycles. The highest BCUT2D eigenvalue weighted by atomic mass is 19.1. The minimum absolute atomic E-state index is 0.0102. The number of hydrogen-bond acceptors (Lipinski definition) is 4. The molecule has 0 radical (unpaired) electrons. The highest BCUT2D eigenvalue weighted by molar-refractivity contribution is 5.84. The van der Waals surface area contributed by atoms with Crippen LogP contribution < -0.4 is 5.32 Å². The summed E-state index contributed by atoms with van der Waals surface area (Å²) in [5.41, 5.74) is 1.04. The molecule has 6 heteroatoms. The zero-order valence-electron chi connectivity index (χ0n) is 14.6. The molecule has 0 saturated carbocycles. The second kappa shape index (κ2) is 7.75. The molecule has 0 aliphatic carbocycles. The largest absolute Gasteiger partial charge is 0.468 e. The maximum absolute atomic E-state index is 13.5. The fraction of sp³-hybridized carbons (Fsp3) is 0.556. The van der Waals surface area contributed by atoms with Crippen LogP contribution in [0.3, 0.4) is 0 Å². The Hall–Kier alpha value is -1.95. The number of likely N-dealkylation sites (tertiary alicyclic amines) is 1. The van der Waals surface area contributed by atoms with Crippen molar-refractivity contribution in [2.75, 3.05) is 13.7 Å². The first-order chi connectivity index (χ1) is 11.3. The van der Waals surface area contributed by atoms with E-state index in [4.69, 9.17) is 4.74 Å². The number of carbonyl (C=O) groups excluding carboxylic acids is 2. The van der Waals surface area contributed by atoms with Crippen LogP contribution in [0.4, 0.5) is 4.39 Å². The number of nitrogens with zero attached hydrogens (tertiary/aromatic N) is 1. The number of halogens is 1. The first kappa shape index (κ1) is 18.4. The molecular formula is C18H25FN2O3. The Morgan fingerprint density at radius 3 is 2.71 bits per heavy atom. The fourth-order valence-corrected chi connectivity index (χ4v) is 3.03. The van der Waals surface area contributed by atoms with E-state index in [1.165, 1.54) is 13.2 Å². The van der Waals surface area contributed by atoms with Crippen molar-refractivity contribution in [3.8, 4) is 0 Å². The lowest BCUT2D eigenvalue weighted by atomic mass is 9.99. The van der Waals surface area contributed by atoms with E-state index in [-0.39, 0.29) is 17.8 Å². The Morgan fingerprint density at radius 2 is 2.12 bits per heavy atom. The molecule has 1 heterocycles. The zero-order chi connectivity index (χ0) is 17.9. The summed E-state index contributed by atoms with van der Waals surface area (Å²) in [5, 5.41) is 3.12. The first-order valence-corrected chi connectivity index (χ1v) is 8.25. The summed E-state index contributed by atoms with van der Waals surface area (Å²) in [6.07, 6.45) is 1.54. The van der Waals surface area contributed by atoms with E-state index in [9.17, 15) is 14.0 Å². The molecule has 0 spiro atoms. The number of benzene rings is 1. The van der Waals surface area contributed by atoms with Crippen LogP contribution in [0, 0.1) is 12.7 Å². The predicted molar refractivity (Wildman–Crippen MR) is 88.9 cm³/mol. The van der Waals surface area contributed by atoms with Crippen molar-refractivity contribution in [2.24, 2.45) is 0 Å². The minimum atomic E-state index is -0.796. The van der Waals surface area contributed by atoms with Crippen LogP contribution in [0.15, 0.2) is 18.2 Å². The van der Waals surface area contributed by atoms with Crippen LogP contribution in [-0.2, 0) is 14.3 Å². The topological polar surface area (TPSA) is 58.6 Å². The Bertz CT molecular complexity index is 618. The number of hydrogen-bond donors (Lipinski definition) is 1. The molecule has 0 aromatic heterocycles. The fourth-order valence-electron chi connectivity index (χ4n) is 3.03. The third kappa shape index (κ3) is 3.93. The molecule has 5 nitrogen and oxygen atoms in total. The van der Waals surface area contributed by atoms with E-state index < -0.39 is 18.1 Å². The Labute approximate surface area is 142 Å². The second-order valence-corrected chi connectivity index (χ2v) is 6.45. The lowest BCUT2D eigenvalue weighted by molar-refractivity contribution is -0.145. The highest BCUT2D eigenvalue weighted by Gasteiger charge is 2.34. The highest BCUT2D eigenvalue weighted by Crippen LogP contribution is 2.22. The molecule has 1 aliphatic heterocycles. The summed E-state index contributed by atoms with van der Waals surface area (Å²) in [4.78, 5) is 26.6. The lowest BCUT2D eigenvalue weighted by Gasteiger charge is -2.36. The maximum atomic E-state index is 13.5. The summed E-state index contributed by atoms with van der Waals surface area (Å²) >= 11 is 0. The van der Waals surface area contributed by atoms with E-state index in [2.05, 4.69) is 5.32 Å². The van der Waals surface area contributed by atoms with Gasteiger partial charge in [-0.2, -0.15) is 0 Å². The number of amides is 1. The zero-order valence-corrected chi connectivity index (χ0v) is 14.6. The van der Waals surface area contributed by atoms with Crippen molar-refractivity contribution in [2.45, 2.75) is 51.7 Å². The molecule has 1 aliphatic rings. The number of esters is 1. The molecule has 2 rings (SSSR count). The van der Waals surface area contributed by atoms with E-state index in [0.717, 1.165) is 13.0 Å². The molecule has 2 atom stereocenters. The van der Waals surface area contributed by atoms with Crippen LogP contribution in [0.5, 0.6) is 0 Å². The quantitative estimate of drug-likeness (QED) is 0.839. The lowest BCUT2D eigenvalue weighted by Crippen LogP contribution is -2.54. The summed E-state index contributed by atoms with van der Waals surface area (Å²) in [6, 6.07) is 3.35. The van der Waals surface area contributed by atoms with Gasteiger partial charge in [-0.1, -0.05) is 12.1 Å². The smallest absolute Gasteiger partial charge is 0.327 e. The maximum Gasteiger partial charge on any atom is 0.327 e. The molecule has 2 unspecified atom stereocenters. The van der Waals surface area contributed by atoms with Crippen molar-refractivity contribution >= 4 is 11.9 Å². The number of ether oxygens (including phenoxy) is 1. The third-order valence-electron chi connectivity index (χ3n) is 4.42. The van der Waals surface area contributed by atoms with E-state index in [1.54, 1.807) is 19.1 Å². The van der Waals surface area contributed by atoms with Gasteiger partial charge in [-0.15, -0.1) is 0 Å². The average molecular weight is 336 g/mol. The van der Waals surface area contributed by atoms with Crippen LogP contribution in [0.2, 0.25) is 0 Å². The van der Waals surface area contributed by atoms with Crippen LogP contribution in [0.25, 0.3) is 0 Å². The molecule has 1 saturated heterocycles. The molecule has 1 N–H and O–H groups in total. The number of nitrogens with one attached hydrogen (secondary N) is 1. The molecule has 0 bridgehead atoms. The molecular weight excluding hydrogens is 311 g/mol. The van der Waals surface area contributed by atoms with Gasteiger partial charge in [0, 0.05) is 12.6 Å². The van der Waals surface area contributed by atoms with E-state index >= 15 is 0 Å². The van der Waals surface area contributed by atoms with Gasteiger partial charge in [0.25, 0.3) is 0 Å². The van der Waals surface area contributed by atoms with Crippen molar-refractivity contribution in [3.63, 3.8) is 0 Å². The van der Waals surface area contributed by atoms with Crippen molar-refractivity contribution in [1.82, 2.24) is 10.2 Å². The van der Waals surface area contributed by atoms with Crippen molar-refractivity contribution < 1.29 is 18.7 Å². The SMILES string of the molecule is COC(=O)C(NC1CCCN(C(C)C)C1=O)c1ccc(F)c(C)c1. The Balaban J connectivity index is 2.24. The van der Waals surface area contributed by atoms with Gasteiger partial charge in [-0.05, 0) is 50.8 Å². The molecule has 1 amide bonds. The van der Waals surface area contributed by atoms with Crippen LogP contribution in [0.1, 0.15) is 43.9 Å². The monoisotopic (exact) mass is 336 g/mol. The number of rotatable bonds is 5. The van der Waals surface area contributed by atoms with Gasteiger partial charge in [0.05, 0.1) is 13.2 Å². The second-order valence-electron chi connectivity index (χ2n) is 6.45. The summed E-state index contributed by atoms with van der Waals surface area (Å²) in [6.45, 7) is 6.31. The Morgan fingerprint density at radius 1 is 1.42 bits per heavy atom. The van der Waals surface area contributed by atoms with Crippen LogP contribution in [-0.4, -0.2) is 42.5 Å². The van der Waals surface area contributed by atoms with Gasteiger partial charge in [0.2, 0.25) is 5.91 Å². The van der Waals surface area contributed by atoms with Gasteiger partial charge in [-0.3, -0.25) is 10.1 Å². The van der Waals surface area contributed by atoms with Gasteiger partial charge >= 0.3 is 5.97 Å². The van der Waals surface area contributed by atoms with E-state index in [0.29, 0.717) is 17.5 Å². The molecule has 1 aromatic rings. The summed E-state index contributed by atoms with van der Waals surface area (Å²) < 4.78 is 18.4. The standard InChI is InChI=1S/C18H25FN2O3/c1-11(2)21-9-5-6-15(17(21)22)20-16(18(23)24-4)13-7-8-14(19)12(3)10-13/h7-8,10-11,15-16,20H,5-6,9H2,1-4H3. The summed E-state index contributed by atoms with van der Waals surface area (Å²) in [7, 11) is 1.30. The van der Waals surface area contributed by atoms with Gasteiger partial charge in [-0.25, -0.2) is 9.18 Å². The number of methoxy groups -OCH3 is 1. The van der Waals surface area contributed by atoms with Gasteiger partial charge in [0.1, 0.15) is 11.9 Å². The van der Waals surface area contributed by atoms with Crippen molar-refractivity contribution in [3.05, 3.63) is 35.1 Å². The average Bonchev–Trinajstić information content (AvgIpc) is 2.55. The van der Waals surface area contributed by atoms with Gasteiger partial charge in [0.15, 0.2) is 0 Å². The number of piperidine rings is 1. The number of carbonyl (C=O) groups is 2. The molecule has 132 valence electrons. The summed E-state index contributed by atoms with van der Waals surface area (Å²) in [5.74, 6) is -0.832. The van der Waals surface area contributed by atoms with Crippen molar-refractivity contribution in [1.29, 1.82) is 0 Å². The van der Waals surface area contributed by atoms with Crippen LogP contribution >= 0.6 is 0 Å². The minimum Gasteiger partial charge on any atom is -0.468 e. The third-order valence-corrected chi connectivity index (χ3v) is 4.42. The van der Waals surface area contributed by atoms with E-state index in [1.807, 2.05) is 18.7 Å². The molecule has 1 fully saturated rings. The molecule has 24 heavy (non-hydrogen) atoms. The Kier molecular flexibility index (Phi) is 5.94. The predicted octanol–water partition coefficient (Wildman–Crippen LogP) is 2.34. The van der Waals surface area contributed by atoms with Gasteiger partial charge < -0.3 is 9.64 Å². The number of aryl methyl sites for hydroxylation is 1. The first-order valence-electron chi connectivity index (χ1n) is 8.25.